The molecule has 3 aromatic carbocycles. The summed E-state index contributed by atoms with van der Waals surface area (Å²) in [6, 6.07) is 20.9. The molecule has 2 aromatic heterocycles. The lowest BCUT2D eigenvalue weighted by molar-refractivity contribution is 0.0594. The van der Waals surface area contributed by atoms with E-state index in [1.165, 1.54) is 42.7 Å². The lowest BCUT2D eigenvalue weighted by Crippen LogP contribution is -2.26. The van der Waals surface area contributed by atoms with Gasteiger partial charge >= 0.3 is 5.97 Å². The Morgan fingerprint density at radius 2 is 1.69 bits per heavy atom. The van der Waals surface area contributed by atoms with Crippen molar-refractivity contribution in [1.82, 2.24) is 9.97 Å². The summed E-state index contributed by atoms with van der Waals surface area (Å²) in [4.78, 5) is 20.2. The van der Waals surface area contributed by atoms with Crippen molar-refractivity contribution < 1.29 is 22.3 Å². The Hall–Kier alpha value is -4.24. The third kappa shape index (κ3) is 3.89. The van der Waals surface area contributed by atoms with Crippen LogP contribution >= 0.6 is 0 Å². The molecule has 0 unspecified atom stereocenters. The van der Waals surface area contributed by atoms with Crippen LogP contribution in [-0.2, 0) is 14.8 Å². The molecule has 2 heterocycles. The summed E-state index contributed by atoms with van der Waals surface area (Å²) in [6.07, 6.45) is 0. The molecule has 176 valence electrons. The van der Waals surface area contributed by atoms with Gasteiger partial charge in [0.1, 0.15) is 11.5 Å². The number of benzene rings is 3. The van der Waals surface area contributed by atoms with Gasteiger partial charge in [-0.2, -0.15) is 0 Å². The number of nitrogens with one attached hydrogen (secondary N) is 1. The van der Waals surface area contributed by atoms with Gasteiger partial charge in [0.2, 0.25) is 0 Å². The average Bonchev–Trinajstić information content (AvgIpc) is 3.25. The number of carbonyl (C=O) groups excluding carboxylic acids is 1. The predicted molar refractivity (Wildman–Crippen MR) is 132 cm³/mol. The van der Waals surface area contributed by atoms with Crippen LogP contribution in [0.5, 0.6) is 0 Å². The molecule has 0 saturated heterocycles. The quantitative estimate of drug-likeness (QED) is 0.346. The molecule has 0 amide bonds. The molecule has 0 saturated carbocycles. The van der Waals surface area contributed by atoms with E-state index in [4.69, 9.17) is 4.74 Å². The van der Waals surface area contributed by atoms with E-state index in [0.717, 1.165) is 5.39 Å². The zero-order valence-corrected chi connectivity index (χ0v) is 19.6. The van der Waals surface area contributed by atoms with Crippen molar-refractivity contribution in [3.8, 4) is 11.3 Å². The third-order valence-corrected chi connectivity index (χ3v) is 7.65. The van der Waals surface area contributed by atoms with Crippen molar-refractivity contribution in [2.45, 2.75) is 4.90 Å². The number of rotatable bonds is 5. The number of aromatic amines is 1. The molecule has 0 radical (unpaired) electrons. The minimum Gasteiger partial charge on any atom is -0.464 e. The first kappa shape index (κ1) is 22.5. The summed E-state index contributed by atoms with van der Waals surface area (Å²) < 4.78 is 45.8. The minimum absolute atomic E-state index is 0.105. The number of nitrogens with zero attached hydrogens (tertiary/aromatic N) is 2. The number of esters is 1. The fourth-order valence-electron chi connectivity index (χ4n) is 4.01. The SMILES string of the molecule is COC(=O)c1cc2c([nH]c3cc(F)ccc32)c(-c2ccc(N(C)S(=O)(=O)c3ccccc3)cc2)n1. The van der Waals surface area contributed by atoms with Crippen molar-refractivity contribution in [2.24, 2.45) is 0 Å². The van der Waals surface area contributed by atoms with Gasteiger partial charge in [-0.05, 0) is 48.5 Å². The molecule has 35 heavy (non-hydrogen) atoms. The highest BCUT2D eigenvalue weighted by molar-refractivity contribution is 7.92. The summed E-state index contributed by atoms with van der Waals surface area (Å²) in [5, 5.41) is 1.43. The third-order valence-electron chi connectivity index (χ3n) is 5.85. The topological polar surface area (TPSA) is 92.4 Å². The first-order valence-corrected chi connectivity index (χ1v) is 12.1. The summed E-state index contributed by atoms with van der Waals surface area (Å²) in [5.41, 5.74) is 2.85. The molecule has 0 aliphatic heterocycles. The van der Waals surface area contributed by atoms with Crippen LogP contribution in [-0.4, -0.2) is 38.5 Å². The van der Waals surface area contributed by atoms with E-state index in [9.17, 15) is 17.6 Å². The Bertz CT molecular complexity index is 1680. The molecule has 0 spiro atoms. The van der Waals surface area contributed by atoms with Gasteiger partial charge in [-0.15, -0.1) is 0 Å². The number of H-pyrrole nitrogens is 1. The fraction of sp³-hybridized carbons (Fsp3) is 0.0769. The number of aromatic nitrogens is 2. The molecule has 7 nitrogen and oxygen atoms in total. The second kappa shape index (κ2) is 8.52. The zero-order chi connectivity index (χ0) is 24.7. The minimum atomic E-state index is -3.73. The van der Waals surface area contributed by atoms with Gasteiger partial charge in [0.25, 0.3) is 10.0 Å². The maximum absolute atomic E-state index is 13.8. The number of anilines is 1. The first-order valence-electron chi connectivity index (χ1n) is 10.6. The second-order valence-corrected chi connectivity index (χ2v) is 9.89. The van der Waals surface area contributed by atoms with Gasteiger partial charge in [-0.1, -0.05) is 30.3 Å². The number of methoxy groups -OCH3 is 1. The summed E-state index contributed by atoms with van der Waals surface area (Å²) >= 11 is 0. The van der Waals surface area contributed by atoms with Crippen LogP contribution in [0.2, 0.25) is 0 Å². The molecule has 5 rings (SSSR count). The standard InChI is InChI=1S/C26H20FN3O4S/c1-30(35(32,33)19-6-4-3-5-7-19)18-11-8-16(9-12-18)24-25-21(15-23(29-24)26(31)34-2)20-13-10-17(27)14-22(20)28-25/h3-15,28H,1-2H3. The molecule has 0 bridgehead atoms. The fourth-order valence-corrected chi connectivity index (χ4v) is 5.23. The normalized spacial score (nSPS) is 11.6. The smallest absolute Gasteiger partial charge is 0.356 e. The highest BCUT2D eigenvalue weighted by Crippen LogP contribution is 2.34. The Balaban J connectivity index is 1.62. The summed E-state index contributed by atoms with van der Waals surface area (Å²) in [7, 11) is -0.974. The van der Waals surface area contributed by atoms with E-state index in [1.807, 2.05) is 0 Å². The lowest BCUT2D eigenvalue weighted by Gasteiger charge is -2.20. The van der Waals surface area contributed by atoms with Crippen molar-refractivity contribution in [1.29, 1.82) is 0 Å². The Morgan fingerprint density at radius 1 is 0.971 bits per heavy atom. The highest BCUT2D eigenvalue weighted by atomic mass is 32.2. The molecule has 0 fully saturated rings. The zero-order valence-electron chi connectivity index (χ0n) is 18.8. The maximum Gasteiger partial charge on any atom is 0.356 e. The Morgan fingerprint density at radius 3 is 2.37 bits per heavy atom. The second-order valence-electron chi connectivity index (χ2n) is 7.92. The molecule has 0 aliphatic carbocycles. The van der Waals surface area contributed by atoms with E-state index in [2.05, 4.69) is 9.97 Å². The molecule has 0 aliphatic rings. The molecule has 5 aromatic rings. The number of halogens is 1. The average molecular weight is 490 g/mol. The first-order chi connectivity index (χ1) is 16.8. The van der Waals surface area contributed by atoms with Crippen LogP contribution in [0.3, 0.4) is 0 Å². The summed E-state index contributed by atoms with van der Waals surface area (Å²) in [6.45, 7) is 0. The van der Waals surface area contributed by atoms with Gasteiger partial charge in [-0.25, -0.2) is 22.6 Å². The number of fused-ring (bicyclic) bond motifs is 3. The van der Waals surface area contributed by atoms with Crippen LogP contribution in [0, 0.1) is 5.82 Å². The molecule has 0 atom stereocenters. The lowest BCUT2D eigenvalue weighted by atomic mass is 10.1. The van der Waals surface area contributed by atoms with Crippen molar-refractivity contribution in [3.05, 3.63) is 90.4 Å². The summed E-state index contributed by atoms with van der Waals surface area (Å²) in [5.74, 6) is -0.992. The van der Waals surface area contributed by atoms with Crippen LogP contribution < -0.4 is 4.31 Å². The van der Waals surface area contributed by atoms with Crippen molar-refractivity contribution >= 4 is 43.5 Å². The number of sulfonamides is 1. The van der Waals surface area contributed by atoms with Crippen LogP contribution in [0.4, 0.5) is 10.1 Å². The molecular formula is C26H20FN3O4S. The van der Waals surface area contributed by atoms with Crippen LogP contribution in [0.25, 0.3) is 33.1 Å². The van der Waals surface area contributed by atoms with E-state index in [1.54, 1.807) is 54.6 Å². The van der Waals surface area contributed by atoms with Crippen molar-refractivity contribution in [3.63, 3.8) is 0 Å². The number of ether oxygens (including phenoxy) is 1. The van der Waals surface area contributed by atoms with Gasteiger partial charge in [-0.3, -0.25) is 4.31 Å². The largest absolute Gasteiger partial charge is 0.464 e. The molecule has 9 heteroatoms. The highest BCUT2D eigenvalue weighted by Gasteiger charge is 2.22. The van der Waals surface area contributed by atoms with E-state index in [0.29, 0.717) is 33.4 Å². The van der Waals surface area contributed by atoms with Crippen molar-refractivity contribution in [2.75, 3.05) is 18.5 Å². The number of hydrogen-bond acceptors (Lipinski definition) is 5. The van der Waals surface area contributed by atoms with Crippen LogP contribution in [0.15, 0.2) is 83.8 Å². The van der Waals surface area contributed by atoms with Crippen LogP contribution in [0.1, 0.15) is 10.5 Å². The van der Waals surface area contributed by atoms with E-state index in [-0.39, 0.29) is 10.6 Å². The number of hydrogen-bond donors (Lipinski definition) is 1. The van der Waals surface area contributed by atoms with Gasteiger partial charge in [0.05, 0.1) is 28.9 Å². The Labute approximate surface area is 200 Å². The van der Waals surface area contributed by atoms with E-state index < -0.39 is 21.8 Å². The number of pyridine rings is 1. The van der Waals surface area contributed by atoms with Gasteiger partial charge in [0, 0.05) is 28.9 Å². The molecule has 1 N–H and O–H groups in total. The number of carbonyl (C=O) groups is 1. The predicted octanol–water partition coefficient (Wildman–Crippen LogP) is 5.13. The monoisotopic (exact) mass is 489 g/mol. The maximum atomic E-state index is 13.8. The molecular weight excluding hydrogens is 469 g/mol. The van der Waals surface area contributed by atoms with Gasteiger partial charge < -0.3 is 9.72 Å². The van der Waals surface area contributed by atoms with E-state index >= 15 is 0 Å². The van der Waals surface area contributed by atoms with Gasteiger partial charge in [0.15, 0.2) is 0 Å². The Kier molecular flexibility index (Phi) is 5.49.